The van der Waals surface area contributed by atoms with Crippen molar-refractivity contribution in [1.29, 1.82) is 0 Å². The summed E-state index contributed by atoms with van der Waals surface area (Å²) in [7, 11) is 0. The monoisotopic (exact) mass is 306 g/mol. The Kier molecular flexibility index (Phi) is 4.45. The van der Waals surface area contributed by atoms with Gasteiger partial charge in [-0.1, -0.05) is 22.0 Å². The number of rotatable bonds is 4. The van der Waals surface area contributed by atoms with Gasteiger partial charge in [0.15, 0.2) is 6.29 Å². The summed E-state index contributed by atoms with van der Waals surface area (Å²) < 4.78 is 6.19. The van der Waals surface area contributed by atoms with Gasteiger partial charge in [-0.05, 0) is 28.1 Å². The fourth-order valence-electron chi connectivity index (χ4n) is 0.911. The standard InChI is InChI=1S/C9H8Br2O2/c10-4-5-13-9-7(6-12)2-1-3-8(9)11/h1-3,6H,4-5H2. The highest BCUT2D eigenvalue weighted by molar-refractivity contribution is 9.10. The average Bonchev–Trinajstić information content (AvgIpc) is 2.15. The molecular weight excluding hydrogens is 300 g/mol. The number of benzene rings is 1. The van der Waals surface area contributed by atoms with Gasteiger partial charge in [0, 0.05) is 5.33 Å². The third-order valence-electron chi connectivity index (χ3n) is 1.45. The number of carbonyl (C=O) groups excluding carboxylic acids is 1. The number of halogens is 2. The zero-order chi connectivity index (χ0) is 9.68. The van der Waals surface area contributed by atoms with Gasteiger partial charge in [-0.15, -0.1) is 0 Å². The second kappa shape index (κ2) is 5.40. The molecule has 1 aromatic carbocycles. The van der Waals surface area contributed by atoms with E-state index in [4.69, 9.17) is 4.74 Å². The van der Waals surface area contributed by atoms with E-state index in [1.807, 2.05) is 6.07 Å². The van der Waals surface area contributed by atoms with E-state index in [9.17, 15) is 4.79 Å². The van der Waals surface area contributed by atoms with Crippen LogP contribution in [-0.4, -0.2) is 18.2 Å². The molecule has 0 saturated carbocycles. The van der Waals surface area contributed by atoms with Crippen molar-refractivity contribution in [1.82, 2.24) is 0 Å². The molecule has 1 aromatic rings. The van der Waals surface area contributed by atoms with E-state index < -0.39 is 0 Å². The number of aldehydes is 1. The van der Waals surface area contributed by atoms with Crippen molar-refractivity contribution in [2.45, 2.75) is 0 Å². The van der Waals surface area contributed by atoms with Crippen LogP contribution in [0.4, 0.5) is 0 Å². The summed E-state index contributed by atoms with van der Waals surface area (Å²) in [5, 5.41) is 0.743. The van der Waals surface area contributed by atoms with Crippen LogP contribution in [0.5, 0.6) is 5.75 Å². The number of ether oxygens (including phenoxy) is 1. The van der Waals surface area contributed by atoms with Crippen molar-refractivity contribution < 1.29 is 9.53 Å². The highest BCUT2D eigenvalue weighted by Crippen LogP contribution is 2.27. The summed E-state index contributed by atoms with van der Waals surface area (Å²) in [5.74, 6) is 0.608. The molecule has 0 saturated heterocycles. The number of hydrogen-bond donors (Lipinski definition) is 0. The SMILES string of the molecule is O=Cc1cccc(Br)c1OCCBr. The average molecular weight is 308 g/mol. The molecule has 0 spiro atoms. The first-order chi connectivity index (χ1) is 6.29. The van der Waals surface area contributed by atoms with Gasteiger partial charge >= 0.3 is 0 Å². The summed E-state index contributed by atoms with van der Waals surface area (Å²) in [5.41, 5.74) is 0.565. The zero-order valence-electron chi connectivity index (χ0n) is 6.80. The molecule has 0 amide bonds. The Morgan fingerprint density at radius 2 is 2.23 bits per heavy atom. The normalized spacial score (nSPS) is 9.69. The summed E-state index contributed by atoms with van der Waals surface area (Å²) in [6.07, 6.45) is 0.786. The molecule has 0 unspecified atom stereocenters. The Balaban J connectivity index is 2.93. The molecule has 0 aliphatic heterocycles. The van der Waals surface area contributed by atoms with Crippen molar-refractivity contribution in [3.63, 3.8) is 0 Å². The maximum Gasteiger partial charge on any atom is 0.153 e. The van der Waals surface area contributed by atoms with Crippen LogP contribution >= 0.6 is 31.9 Å². The van der Waals surface area contributed by atoms with Crippen LogP contribution < -0.4 is 4.74 Å². The third kappa shape index (κ3) is 2.81. The molecule has 0 radical (unpaired) electrons. The van der Waals surface area contributed by atoms with Crippen LogP contribution in [0.3, 0.4) is 0 Å². The largest absolute Gasteiger partial charge is 0.491 e. The second-order valence-electron chi connectivity index (χ2n) is 2.31. The molecule has 0 atom stereocenters. The van der Waals surface area contributed by atoms with Crippen molar-refractivity contribution in [2.75, 3.05) is 11.9 Å². The summed E-state index contributed by atoms with van der Waals surface area (Å²) in [4.78, 5) is 10.6. The van der Waals surface area contributed by atoms with Gasteiger partial charge in [-0.25, -0.2) is 0 Å². The fourth-order valence-corrected chi connectivity index (χ4v) is 1.57. The lowest BCUT2D eigenvalue weighted by atomic mass is 10.2. The van der Waals surface area contributed by atoms with E-state index in [1.54, 1.807) is 12.1 Å². The lowest BCUT2D eigenvalue weighted by Crippen LogP contribution is -2.01. The quantitative estimate of drug-likeness (QED) is 0.631. The number of hydrogen-bond acceptors (Lipinski definition) is 2. The first-order valence-corrected chi connectivity index (χ1v) is 5.63. The lowest BCUT2D eigenvalue weighted by Gasteiger charge is -2.08. The molecule has 0 heterocycles. The van der Waals surface area contributed by atoms with Gasteiger partial charge in [0.2, 0.25) is 0 Å². The van der Waals surface area contributed by atoms with Gasteiger partial charge < -0.3 is 4.74 Å². The molecule has 0 aromatic heterocycles. The summed E-state index contributed by atoms with van der Waals surface area (Å²) >= 11 is 6.57. The van der Waals surface area contributed by atoms with Crippen LogP contribution in [0.25, 0.3) is 0 Å². The number of carbonyl (C=O) groups is 1. The first-order valence-electron chi connectivity index (χ1n) is 3.72. The highest BCUT2D eigenvalue weighted by atomic mass is 79.9. The first kappa shape index (κ1) is 10.7. The smallest absolute Gasteiger partial charge is 0.153 e. The molecule has 2 nitrogen and oxygen atoms in total. The maximum atomic E-state index is 10.6. The van der Waals surface area contributed by atoms with Crippen molar-refractivity contribution >= 4 is 38.1 Å². The molecular formula is C9H8Br2O2. The van der Waals surface area contributed by atoms with E-state index in [-0.39, 0.29) is 0 Å². The van der Waals surface area contributed by atoms with Crippen molar-refractivity contribution in [3.05, 3.63) is 28.2 Å². The molecule has 13 heavy (non-hydrogen) atoms. The van der Waals surface area contributed by atoms with Crippen LogP contribution in [-0.2, 0) is 0 Å². The molecule has 1 rings (SSSR count). The predicted octanol–water partition coefficient (Wildman–Crippen LogP) is 3.04. The number of alkyl halides is 1. The van der Waals surface area contributed by atoms with Crippen LogP contribution in [0, 0.1) is 0 Å². The van der Waals surface area contributed by atoms with Gasteiger partial charge in [0.1, 0.15) is 5.75 Å². The topological polar surface area (TPSA) is 26.3 Å². The molecule has 0 N–H and O–H groups in total. The predicted molar refractivity (Wildman–Crippen MR) is 58.8 cm³/mol. The minimum absolute atomic E-state index is 0.545. The van der Waals surface area contributed by atoms with E-state index in [0.717, 1.165) is 16.1 Å². The van der Waals surface area contributed by atoms with Gasteiger partial charge in [-0.2, -0.15) is 0 Å². The second-order valence-corrected chi connectivity index (χ2v) is 3.96. The number of para-hydroxylation sites is 1. The van der Waals surface area contributed by atoms with E-state index in [0.29, 0.717) is 17.9 Å². The van der Waals surface area contributed by atoms with Gasteiger partial charge in [0.05, 0.1) is 16.6 Å². The minimum atomic E-state index is 0.545. The Bertz CT molecular complexity index is 300. The highest BCUT2D eigenvalue weighted by Gasteiger charge is 2.06. The van der Waals surface area contributed by atoms with E-state index in [2.05, 4.69) is 31.9 Å². The minimum Gasteiger partial charge on any atom is -0.491 e. The summed E-state index contributed by atoms with van der Waals surface area (Å²) in [6, 6.07) is 5.37. The third-order valence-corrected chi connectivity index (χ3v) is 2.40. The molecule has 0 bridgehead atoms. The molecule has 4 heteroatoms. The molecule has 0 aliphatic carbocycles. The molecule has 0 fully saturated rings. The van der Waals surface area contributed by atoms with E-state index in [1.165, 1.54) is 0 Å². The van der Waals surface area contributed by atoms with Crippen LogP contribution in [0.15, 0.2) is 22.7 Å². The Hall–Kier alpha value is -0.350. The fraction of sp³-hybridized carbons (Fsp3) is 0.222. The lowest BCUT2D eigenvalue weighted by molar-refractivity contribution is 0.112. The van der Waals surface area contributed by atoms with Crippen LogP contribution in [0.1, 0.15) is 10.4 Å². The Labute approximate surface area is 93.5 Å². The van der Waals surface area contributed by atoms with Crippen molar-refractivity contribution in [3.8, 4) is 5.75 Å². The summed E-state index contributed by atoms with van der Waals surface area (Å²) in [6.45, 7) is 0.545. The maximum absolute atomic E-state index is 10.6. The van der Waals surface area contributed by atoms with E-state index >= 15 is 0 Å². The van der Waals surface area contributed by atoms with Crippen LogP contribution in [0.2, 0.25) is 0 Å². The van der Waals surface area contributed by atoms with Gasteiger partial charge in [0.25, 0.3) is 0 Å². The molecule has 0 aliphatic rings. The van der Waals surface area contributed by atoms with Gasteiger partial charge in [-0.3, -0.25) is 4.79 Å². The Morgan fingerprint density at radius 3 is 2.85 bits per heavy atom. The van der Waals surface area contributed by atoms with Crippen molar-refractivity contribution in [2.24, 2.45) is 0 Å². The zero-order valence-corrected chi connectivity index (χ0v) is 9.97. The molecule has 70 valence electrons. The Morgan fingerprint density at radius 1 is 1.46 bits per heavy atom.